The van der Waals surface area contributed by atoms with Crippen LogP contribution in [0.15, 0.2) is 34.5 Å². The summed E-state index contributed by atoms with van der Waals surface area (Å²) in [5, 5.41) is 11.9. The Balaban J connectivity index is 1.87. The van der Waals surface area contributed by atoms with Crippen LogP contribution in [-0.2, 0) is 10.5 Å². The number of aromatic nitrogens is 1. The molecule has 2 rings (SSSR count). The molecule has 1 aromatic heterocycles. The number of benzene rings is 1. The molecule has 1 unspecified atom stereocenters. The van der Waals surface area contributed by atoms with Crippen LogP contribution in [0.2, 0.25) is 0 Å². The third kappa shape index (κ3) is 5.57. The van der Waals surface area contributed by atoms with Gasteiger partial charge >= 0.3 is 0 Å². The van der Waals surface area contributed by atoms with Gasteiger partial charge in [0, 0.05) is 5.75 Å². The Morgan fingerprint density at radius 1 is 1.43 bits per heavy atom. The van der Waals surface area contributed by atoms with Gasteiger partial charge in [0.1, 0.15) is 0 Å². The molecule has 4 nitrogen and oxygen atoms in total. The number of anilines is 1. The van der Waals surface area contributed by atoms with Crippen molar-refractivity contribution in [1.82, 2.24) is 4.98 Å². The molecule has 0 saturated heterocycles. The summed E-state index contributed by atoms with van der Waals surface area (Å²) in [5.41, 5.74) is 2.06. The normalized spacial score (nSPS) is 11.7. The minimum atomic E-state index is -0.158. The summed E-state index contributed by atoms with van der Waals surface area (Å²) >= 11 is 4.47. The predicted octanol–water partition coefficient (Wildman–Crippen LogP) is 4.33. The topological polar surface area (TPSA) is 65.8 Å². The predicted molar refractivity (Wildman–Crippen MR) is 99.0 cm³/mol. The first kappa shape index (κ1) is 17.9. The molecule has 1 N–H and O–H groups in total. The largest absolute Gasteiger partial charge is 0.301 e. The molecule has 0 bridgehead atoms. The second kappa shape index (κ2) is 8.96. The number of nitriles is 1. The van der Waals surface area contributed by atoms with Crippen LogP contribution in [0.3, 0.4) is 0 Å². The SMILES string of the molecule is Cc1nc(NC(=O)C(C)SCc2ccccc2)sc1SCC#N. The quantitative estimate of drug-likeness (QED) is 0.742. The molecular formula is C16H17N3OS3. The molecule has 1 aromatic carbocycles. The number of thioether (sulfide) groups is 2. The van der Waals surface area contributed by atoms with E-state index in [0.29, 0.717) is 10.9 Å². The van der Waals surface area contributed by atoms with Crippen molar-refractivity contribution >= 4 is 45.9 Å². The third-order valence-corrected chi connectivity index (χ3v) is 6.48. The minimum absolute atomic E-state index is 0.0449. The summed E-state index contributed by atoms with van der Waals surface area (Å²) in [6.45, 7) is 3.79. The number of rotatable bonds is 7. The van der Waals surface area contributed by atoms with E-state index in [0.717, 1.165) is 15.7 Å². The number of hydrogen-bond donors (Lipinski definition) is 1. The summed E-state index contributed by atoms with van der Waals surface area (Å²) in [5.74, 6) is 1.14. The van der Waals surface area contributed by atoms with E-state index in [1.165, 1.54) is 28.7 Å². The van der Waals surface area contributed by atoms with Gasteiger partial charge in [0.05, 0.1) is 27.0 Å². The summed E-state index contributed by atoms with van der Waals surface area (Å²) in [7, 11) is 0. The van der Waals surface area contributed by atoms with E-state index in [9.17, 15) is 4.79 Å². The Kier molecular flexibility index (Phi) is 6.96. The number of aryl methyl sites for hydroxylation is 1. The summed E-state index contributed by atoms with van der Waals surface area (Å²) < 4.78 is 0.978. The fourth-order valence-electron chi connectivity index (χ4n) is 1.75. The lowest BCUT2D eigenvalue weighted by atomic mass is 10.2. The van der Waals surface area contributed by atoms with Gasteiger partial charge in [0.25, 0.3) is 0 Å². The van der Waals surface area contributed by atoms with Crippen molar-refractivity contribution < 1.29 is 4.79 Å². The molecule has 1 amide bonds. The number of amides is 1. The second-order valence-electron chi connectivity index (χ2n) is 4.77. The maximum atomic E-state index is 12.2. The van der Waals surface area contributed by atoms with Crippen LogP contribution in [0.4, 0.5) is 5.13 Å². The number of thiazole rings is 1. The van der Waals surface area contributed by atoms with Gasteiger partial charge in [-0.2, -0.15) is 5.26 Å². The zero-order valence-corrected chi connectivity index (χ0v) is 15.4. The smallest absolute Gasteiger partial charge is 0.238 e. The zero-order chi connectivity index (χ0) is 16.7. The van der Waals surface area contributed by atoms with Gasteiger partial charge in [-0.15, -0.1) is 11.8 Å². The molecule has 1 atom stereocenters. The van der Waals surface area contributed by atoms with Gasteiger partial charge in [0.2, 0.25) is 5.91 Å². The van der Waals surface area contributed by atoms with E-state index in [-0.39, 0.29) is 11.2 Å². The number of hydrogen-bond acceptors (Lipinski definition) is 6. The first-order chi connectivity index (χ1) is 11.1. The lowest BCUT2D eigenvalue weighted by Crippen LogP contribution is -2.22. The van der Waals surface area contributed by atoms with Crippen LogP contribution in [0.5, 0.6) is 0 Å². The molecule has 0 aliphatic carbocycles. The maximum Gasteiger partial charge on any atom is 0.238 e. The van der Waals surface area contributed by atoms with E-state index in [1.807, 2.05) is 32.0 Å². The van der Waals surface area contributed by atoms with Gasteiger partial charge in [-0.05, 0) is 19.4 Å². The number of nitrogens with one attached hydrogen (secondary N) is 1. The highest BCUT2D eigenvalue weighted by molar-refractivity contribution is 8.01. The molecule has 23 heavy (non-hydrogen) atoms. The molecule has 1 heterocycles. The molecule has 0 saturated carbocycles. The van der Waals surface area contributed by atoms with E-state index in [1.54, 1.807) is 11.8 Å². The highest BCUT2D eigenvalue weighted by Crippen LogP contribution is 2.32. The van der Waals surface area contributed by atoms with Crippen molar-refractivity contribution in [3.8, 4) is 6.07 Å². The van der Waals surface area contributed by atoms with Crippen molar-refractivity contribution in [3.63, 3.8) is 0 Å². The van der Waals surface area contributed by atoms with Gasteiger partial charge in [0.15, 0.2) is 5.13 Å². The van der Waals surface area contributed by atoms with Crippen molar-refractivity contribution in [3.05, 3.63) is 41.6 Å². The lowest BCUT2D eigenvalue weighted by molar-refractivity contribution is -0.115. The van der Waals surface area contributed by atoms with E-state index in [4.69, 9.17) is 5.26 Å². The first-order valence-corrected chi connectivity index (χ1v) is 9.89. The Bertz CT molecular complexity index is 694. The molecular weight excluding hydrogens is 346 g/mol. The summed E-state index contributed by atoms with van der Waals surface area (Å²) in [6.07, 6.45) is 0. The number of carbonyl (C=O) groups excluding carboxylic acids is 1. The van der Waals surface area contributed by atoms with Gasteiger partial charge in [-0.3, -0.25) is 4.79 Å². The van der Waals surface area contributed by atoms with Gasteiger partial charge in [-0.1, -0.05) is 53.4 Å². The number of nitrogens with zero attached hydrogens (tertiary/aromatic N) is 2. The molecule has 0 aliphatic heterocycles. The Labute approximate surface area is 148 Å². The fourth-order valence-corrected chi connectivity index (χ4v) is 4.39. The van der Waals surface area contributed by atoms with Crippen LogP contribution in [0.1, 0.15) is 18.2 Å². The Morgan fingerprint density at radius 2 is 2.17 bits per heavy atom. The molecule has 0 fully saturated rings. The highest BCUT2D eigenvalue weighted by atomic mass is 32.2. The van der Waals surface area contributed by atoms with Crippen LogP contribution in [-0.4, -0.2) is 21.9 Å². The molecule has 0 radical (unpaired) electrons. The van der Waals surface area contributed by atoms with Crippen LogP contribution < -0.4 is 5.32 Å². The molecule has 120 valence electrons. The second-order valence-corrected chi connectivity index (χ2v) is 8.34. The third-order valence-electron chi connectivity index (χ3n) is 2.96. The van der Waals surface area contributed by atoms with Crippen molar-refractivity contribution in [2.75, 3.05) is 11.1 Å². The standard InChI is InChI=1S/C16H17N3OS3/c1-11-15(21-9-8-17)23-16(18-11)19-14(20)12(2)22-10-13-6-4-3-5-7-13/h3-7,12H,9-10H2,1-2H3,(H,18,19,20). The summed E-state index contributed by atoms with van der Waals surface area (Å²) in [6, 6.07) is 12.2. The van der Waals surface area contributed by atoms with Crippen molar-refractivity contribution in [2.24, 2.45) is 0 Å². The Morgan fingerprint density at radius 3 is 2.87 bits per heavy atom. The minimum Gasteiger partial charge on any atom is -0.301 e. The first-order valence-electron chi connectivity index (χ1n) is 7.03. The van der Waals surface area contributed by atoms with E-state index >= 15 is 0 Å². The molecule has 0 aliphatic rings. The van der Waals surface area contributed by atoms with Crippen molar-refractivity contribution in [2.45, 2.75) is 29.1 Å². The monoisotopic (exact) mass is 363 g/mol. The van der Waals surface area contributed by atoms with E-state index < -0.39 is 0 Å². The zero-order valence-electron chi connectivity index (χ0n) is 12.9. The molecule has 0 spiro atoms. The van der Waals surface area contributed by atoms with E-state index in [2.05, 4.69) is 28.5 Å². The maximum absolute atomic E-state index is 12.2. The number of carbonyl (C=O) groups is 1. The van der Waals surface area contributed by atoms with Gasteiger partial charge < -0.3 is 5.32 Å². The average molecular weight is 364 g/mol. The molecule has 7 heteroatoms. The summed E-state index contributed by atoms with van der Waals surface area (Å²) in [4.78, 5) is 16.6. The van der Waals surface area contributed by atoms with Crippen LogP contribution in [0, 0.1) is 18.3 Å². The lowest BCUT2D eigenvalue weighted by Gasteiger charge is -2.10. The van der Waals surface area contributed by atoms with Gasteiger partial charge in [-0.25, -0.2) is 4.98 Å². The van der Waals surface area contributed by atoms with Crippen molar-refractivity contribution in [1.29, 1.82) is 5.26 Å². The fraction of sp³-hybridized carbons (Fsp3) is 0.312. The molecule has 2 aromatic rings. The van der Waals surface area contributed by atoms with Crippen LogP contribution >= 0.6 is 34.9 Å². The highest BCUT2D eigenvalue weighted by Gasteiger charge is 2.16. The van der Waals surface area contributed by atoms with Crippen LogP contribution in [0.25, 0.3) is 0 Å². The Hall–Kier alpha value is -1.49. The average Bonchev–Trinajstić information content (AvgIpc) is 2.91.